The van der Waals surface area contributed by atoms with Crippen molar-refractivity contribution >= 4 is 16.0 Å². The van der Waals surface area contributed by atoms with Gasteiger partial charge in [-0.1, -0.05) is 27.7 Å². The Kier molecular flexibility index (Phi) is 5.57. The van der Waals surface area contributed by atoms with Crippen LogP contribution in [-0.4, -0.2) is 55.4 Å². The highest BCUT2D eigenvalue weighted by molar-refractivity contribution is 7.89. The normalized spacial score (nSPS) is 24.2. The van der Waals surface area contributed by atoms with Crippen LogP contribution >= 0.6 is 0 Å². The second kappa shape index (κ2) is 6.41. The van der Waals surface area contributed by atoms with E-state index in [0.29, 0.717) is 13.0 Å². The number of carboxylic acid groups (broad SMARTS) is 1. The number of rotatable bonds is 6. The molecule has 1 N–H and O–H groups in total. The van der Waals surface area contributed by atoms with Crippen LogP contribution < -0.4 is 0 Å². The lowest BCUT2D eigenvalue weighted by Crippen LogP contribution is -2.49. The highest BCUT2D eigenvalue weighted by Crippen LogP contribution is 2.26. The average molecular weight is 307 g/mol. The fraction of sp³-hybridized carbons (Fsp3) is 0.923. The molecule has 1 fully saturated rings. The first-order valence-electron chi connectivity index (χ1n) is 6.88. The largest absolute Gasteiger partial charge is 0.481 e. The molecule has 1 aliphatic rings. The molecule has 0 amide bonds. The van der Waals surface area contributed by atoms with E-state index >= 15 is 0 Å². The smallest absolute Gasteiger partial charge is 0.310 e. The van der Waals surface area contributed by atoms with Crippen LogP contribution in [-0.2, 0) is 19.6 Å². The van der Waals surface area contributed by atoms with Crippen LogP contribution in [0.2, 0.25) is 0 Å². The number of sulfonamides is 1. The van der Waals surface area contributed by atoms with Crippen LogP contribution in [0.15, 0.2) is 0 Å². The van der Waals surface area contributed by atoms with Gasteiger partial charge in [0.05, 0.1) is 30.9 Å². The first-order valence-corrected chi connectivity index (χ1v) is 8.49. The Morgan fingerprint density at radius 2 is 1.95 bits per heavy atom. The van der Waals surface area contributed by atoms with Gasteiger partial charge in [0.1, 0.15) is 0 Å². The zero-order valence-electron chi connectivity index (χ0n) is 12.6. The molecule has 0 radical (unpaired) electrons. The summed E-state index contributed by atoms with van der Waals surface area (Å²) in [5, 5.41) is 9.20. The van der Waals surface area contributed by atoms with Crippen LogP contribution in [0.25, 0.3) is 0 Å². The van der Waals surface area contributed by atoms with Gasteiger partial charge in [0.25, 0.3) is 0 Å². The highest BCUT2D eigenvalue weighted by atomic mass is 32.2. The number of carbonyl (C=O) groups is 1. The van der Waals surface area contributed by atoms with Gasteiger partial charge in [-0.05, 0) is 11.8 Å². The van der Waals surface area contributed by atoms with E-state index in [0.717, 1.165) is 0 Å². The van der Waals surface area contributed by atoms with Crippen molar-refractivity contribution in [1.82, 2.24) is 4.31 Å². The Balaban J connectivity index is 3.02. The molecular formula is C13H25NO5S. The summed E-state index contributed by atoms with van der Waals surface area (Å²) in [4.78, 5) is 11.2. The van der Waals surface area contributed by atoms with Crippen molar-refractivity contribution in [2.75, 3.05) is 25.5 Å². The maximum atomic E-state index is 12.6. The molecule has 2 unspecified atom stereocenters. The van der Waals surface area contributed by atoms with Crippen molar-refractivity contribution < 1.29 is 23.1 Å². The number of ether oxygens (including phenoxy) is 1. The van der Waals surface area contributed by atoms with Gasteiger partial charge in [0, 0.05) is 6.54 Å². The predicted molar refractivity (Wildman–Crippen MR) is 76.0 cm³/mol. The summed E-state index contributed by atoms with van der Waals surface area (Å²) < 4.78 is 31.7. The summed E-state index contributed by atoms with van der Waals surface area (Å²) in [6.45, 7) is 8.00. The van der Waals surface area contributed by atoms with E-state index in [1.54, 1.807) is 0 Å². The second-order valence-corrected chi connectivity index (χ2v) is 8.40. The molecule has 0 aromatic heterocycles. The monoisotopic (exact) mass is 307 g/mol. The second-order valence-electron chi connectivity index (χ2n) is 6.48. The molecular weight excluding hydrogens is 282 g/mol. The Morgan fingerprint density at radius 3 is 2.40 bits per heavy atom. The van der Waals surface area contributed by atoms with Gasteiger partial charge in [0.2, 0.25) is 10.0 Å². The van der Waals surface area contributed by atoms with Crippen molar-refractivity contribution in [3.63, 3.8) is 0 Å². The molecule has 1 rings (SSSR count). The summed E-state index contributed by atoms with van der Waals surface area (Å²) in [7, 11) is -3.50. The van der Waals surface area contributed by atoms with Crippen LogP contribution in [0, 0.1) is 11.3 Å². The van der Waals surface area contributed by atoms with Crippen molar-refractivity contribution in [2.45, 2.75) is 40.2 Å². The summed E-state index contributed by atoms with van der Waals surface area (Å²) in [6.07, 6.45) is 0.645. The zero-order valence-corrected chi connectivity index (χ0v) is 13.4. The number of nitrogens with zero attached hydrogens (tertiary/aromatic N) is 1. The molecule has 2 atom stereocenters. The average Bonchev–Trinajstić information content (AvgIpc) is 2.70. The SMILES string of the molecule is CCCN(C1COCC1C(=O)O)S(=O)(=O)CC(C)(C)C. The number of hydrogen-bond donors (Lipinski definition) is 1. The number of carboxylic acids is 1. The predicted octanol–water partition coefficient (Wildman–Crippen LogP) is 1.17. The van der Waals surface area contributed by atoms with Crippen molar-refractivity contribution in [3.8, 4) is 0 Å². The van der Waals surface area contributed by atoms with Crippen LogP contribution in [0.1, 0.15) is 34.1 Å². The third-order valence-electron chi connectivity index (χ3n) is 3.15. The minimum Gasteiger partial charge on any atom is -0.481 e. The summed E-state index contributed by atoms with van der Waals surface area (Å²) in [6, 6.07) is -0.597. The molecule has 0 saturated carbocycles. The molecule has 0 aromatic rings. The van der Waals surface area contributed by atoms with Gasteiger partial charge in [-0.15, -0.1) is 0 Å². The maximum Gasteiger partial charge on any atom is 0.310 e. The summed E-state index contributed by atoms with van der Waals surface area (Å²) >= 11 is 0. The highest BCUT2D eigenvalue weighted by Gasteiger charge is 2.43. The lowest BCUT2D eigenvalue weighted by Gasteiger charge is -2.31. The third-order valence-corrected chi connectivity index (χ3v) is 5.55. The standard InChI is InChI=1S/C13H25NO5S/c1-5-6-14(20(17,18)9-13(2,3)4)11-8-19-7-10(11)12(15)16/h10-11H,5-9H2,1-4H3,(H,15,16). The first-order chi connectivity index (χ1) is 9.08. The molecule has 118 valence electrons. The lowest BCUT2D eigenvalue weighted by molar-refractivity contribution is -0.142. The Labute approximate surface area is 121 Å². The molecule has 7 heteroatoms. The fourth-order valence-corrected chi connectivity index (χ4v) is 4.77. The van der Waals surface area contributed by atoms with Crippen LogP contribution in [0.4, 0.5) is 0 Å². The van der Waals surface area contributed by atoms with Crippen molar-refractivity contribution in [1.29, 1.82) is 0 Å². The van der Waals surface area contributed by atoms with Gasteiger partial charge >= 0.3 is 5.97 Å². The molecule has 0 bridgehead atoms. The third kappa shape index (κ3) is 4.43. The van der Waals surface area contributed by atoms with Gasteiger partial charge < -0.3 is 9.84 Å². The van der Waals surface area contributed by atoms with Crippen molar-refractivity contribution in [2.24, 2.45) is 11.3 Å². The first kappa shape index (κ1) is 17.4. The number of aliphatic carboxylic acids is 1. The fourth-order valence-electron chi connectivity index (χ4n) is 2.42. The lowest BCUT2D eigenvalue weighted by atomic mass is 10.0. The van der Waals surface area contributed by atoms with Gasteiger partial charge in [-0.2, -0.15) is 4.31 Å². The maximum absolute atomic E-state index is 12.6. The molecule has 0 aromatic carbocycles. The molecule has 1 saturated heterocycles. The van der Waals surface area contributed by atoms with E-state index in [4.69, 9.17) is 4.74 Å². The van der Waals surface area contributed by atoms with Crippen molar-refractivity contribution in [3.05, 3.63) is 0 Å². The molecule has 0 aliphatic carbocycles. The van der Waals surface area contributed by atoms with E-state index in [-0.39, 0.29) is 24.4 Å². The minimum atomic E-state index is -3.50. The van der Waals surface area contributed by atoms with Crippen LogP contribution in [0.5, 0.6) is 0 Å². The zero-order chi connectivity index (χ0) is 15.6. The van der Waals surface area contributed by atoms with E-state index in [9.17, 15) is 18.3 Å². The topological polar surface area (TPSA) is 83.9 Å². The van der Waals surface area contributed by atoms with E-state index in [2.05, 4.69) is 0 Å². The minimum absolute atomic E-state index is 0.00282. The van der Waals surface area contributed by atoms with Gasteiger partial charge in [-0.3, -0.25) is 4.79 Å². The Bertz CT molecular complexity index is 440. The molecule has 0 spiro atoms. The molecule has 20 heavy (non-hydrogen) atoms. The molecule has 1 heterocycles. The van der Waals surface area contributed by atoms with E-state index in [1.165, 1.54) is 4.31 Å². The van der Waals surface area contributed by atoms with Gasteiger partial charge in [0.15, 0.2) is 0 Å². The molecule has 1 aliphatic heterocycles. The summed E-state index contributed by atoms with van der Waals surface area (Å²) in [5.41, 5.74) is -0.372. The molecule has 6 nitrogen and oxygen atoms in total. The van der Waals surface area contributed by atoms with Gasteiger partial charge in [-0.25, -0.2) is 8.42 Å². The van der Waals surface area contributed by atoms with E-state index < -0.39 is 28.0 Å². The summed E-state index contributed by atoms with van der Waals surface area (Å²) in [5.74, 6) is -1.78. The Hall–Kier alpha value is -0.660. The number of hydrogen-bond acceptors (Lipinski definition) is 4. The van der Waals surface area contributed by atoms with Crippen LogP contribution in [0.3, 0.4) is 0 Å². The van der Waals surface area contributed by atoms with E-state index in [1.807, 2.05) is 27.7 Å². The quantitative estimate of drug-likeness (QED) is 0.796. The Morgan fingerprint density at radius 1 is 1.35 bits per heavy atom.